The zero-order valence-electron chi connectivity index (χ0n) is 17.9. The Morgan fingerprint density at radius 2 is 1.90 bits per heavy atom. The molecule has 3 aliphatic heterocycles. The predicted octanol–water partition coefficient (Wildman–Crippen LogP) is 1.64. The molecule has 1 unspecified atom stereocenters. The van der Waals surface area contributed by atoms with Gasteiger partial charge in [0.15, 0.2) is 10.9 Å². The van der Waals surface area contributed by atoms with E-state index in [1.54, 1.807) is 13.0 Å². The van der Waals surface area contributed by atoms with E-state index in [9.17, 15) is 9.59 Å². The van der Waals surface area contributed by atoms with Gasteiger partial charge >= 0.3 is 0 Å². The number of halogens is 1. The van der Waals surface area contributed by atoms with E-state index in [1.807, 2.05) is 16.7 Å². The SMILES string of the molecule is CC(=O)N1CCN(c2cc(Cl)nc(SCC(=O)N3CCC4(CC3)OCCO4)n2)CC1C. The number of hydrogen-bond donors (Lipinski definition) is 0. The van der Waals surface area contributed by atoms with E-state index in [4.69, 9.17) is 21.1 Å². The topological polar surface area (TPSA) is 88.1 Å². The van der Waals surface area contributed by atoms with Crippen LogP contribution in [0.25, 0.3) is 0 Å². The van der Waals surface area contributed by atoms with Gasteiger partial charge in [-0.2, -0.15) is 0 Å². The largest absolute Gasteiger partial charge is 0.353 e. The van der Waals surface area contributed by atoms with Crippen molar-refractivity contribution in [2.45, 2.75) is 43.7 Å². The van der Waals surface area contributed by atoms with E-state index in [2.05, 4.69) is 14.9 Å². The number of amides is 2. The fraction of sp³-hybridized carbons (Fsp3) is 0.700. The molecule has 1 atom stereocenters. The Kier molecular flexibility index (Phi) is 6.90. The van der Waals surface area contributed by atoms with Gasteiger partial charge in [-0.05, 0) is 6.92 Å². The van der Waals surface area contributed by atoms with Crippen molar-refractivity contribution in [3.05, 3.63) is 11.2 Å². The first-order valence-corrected chi connectivity index (χ1v) is 12.0. The molecule has 1 aromatic heterocycles. The first-order valence-electron chi connectivity index (χ1n) is 10.6. The third kappa shape index (κ3) is 5.24. The molecule has 0 bridgehead atoms. The molecule has 0 radical (unpaired) electrons. The van der Waals surface area contributed by atoms with Gasteiger partial charge in [-0.25, -0.2) is 9.97 Å². The molecule has 0 saturated carbocycles. The molecule has 170 valence electrons. The summed E-state index contributed by atoms with van der Waals surface area (Å²) in [6.45, 7) is 8.11. The van der Waals surface area contributed by atoms with Crippen molar-refractivity contribution in [2.24, 2.45) is 0 Å². The second-order valence-electron chi connectivity index (χ2n) is 8.12. The van der Waals surface area contributed by atoms with Crippen LogP contribution in [0.15, 0.2) is 11.2 Å². The monoisotopic (exact) mass is 469 g/mol. The van der Waals surface area contributed by atoms with Crippen LogP contribution in [0.2, 0.25) is 5.15 Å². The highest BCUT2D eigenvalue weighted by Crippen LogP contribution is 2.32. The van der Waals surface area contributed by atoms with Crippen LogP contribution in [0.1, 0.15) is 26.7 Å². The standard InChI is InChI=1S/C20H28ClN5O4S/c1-14-12-25(7-8-26(14)15(2)27)17-11-16(21)22-19(23-17)31-13-18(28)24-5-3-20(4-6-24)29-9-10-30-20/h11,14H,3-10,12-13H2,1-2H3. The number of anilines is 1. The molecule has 3 aliphatic rings. The summed E-state index contributed by atoms with van der Waals surface area (Å²) < 4.78 is 11.4. The minimum absolute atomic E-state index is 0.0478. The number of carbonyl (C=O) groups is 2. The average molecular weight is 470 g/mol. The molecule has 1 aromatic rings. The van der Waals surface area contributed by atoms with Gasteiger partial charge in [0.05, 0.1) is 19.0 Å². The molecule has 4 rings (SSSR count). The lowest BCUT2D eigenvalue weighted by atomic mass is 10.0. The summed E-state index contributed by atoms with van der Waals surface area (Å²) in [5, 5.41) is 0.825. The Hall–Kier alpha value is -1.62. The zero-order valence-corrected chi connectivity index (χ0v) is 19.5. The van der Waals surface area contributed by atoms with E-state index in [-0.39, 0.29) is 23.6 Å². The van der Waals surface area contributed by atoms with Gasteiger partial charge in [0.1, 0.15) is 11.0 Å². The van der Waals surface area contributed by atoms with E-state index >= 15 is 0 Å². The van der Waals surface area contributed by atoms with Gasteiger partial charge in [-0.1, -0.05) is 23.4 Å². The second kappa shape index (κ2) is 9.48. The summed E-state index contributed by atoms with van der Waals surface area (Å²) >= 11 is 7.53. The van der Waals surface area contributed by atoms with Crippen molar-refractivity contribution in [2.75, 3.05) is 56.6 Å². The molecule has 2 amide bonds. The highest BCUT2D eigenvalue weighted by molar-refractivity contribution is 7.99. The van der Waals surface area contributed by atoms with Crippen LogP contribution in [0.5, 0.6) is 0 Å². The molecule has 0 aromatic carbocycles. The number of thioether (sulfide) groups is 1. The zero-order chi connectivity index (χ0) is 22.0. The Bertz CT molecular complexity index is 828. The summed E-state index contributed by atoms with van der Waals surface area (Å²) in [5.74, 6) is 0.617. The van der Waals surface area contributed by atoms with Gasteiger partial charge in [0.2, 0.25) is 11.8 Å². The lowest BCUT2D eigenvalue weighted by molar-refractivity contribution is -0.186. The number of rotatable bonds is 4. The molecule has 31 heavy (non-hydrogen) atoms. The van der Waals surface area contributed by atoms with Crippen molar-refractivity contribution in [3.8, 4) is 0 Å². The minimum Gasteiger partial charge on any atom is -0.353 e. The summed E-state index contributed by atoms with van der Waals surface area (Å²) in [6.07, 6.45) is 1.40. The van der Waals surface area contributed by atoms with Crippen molar-refractivity contribution < 1.29 is 19.1 Å². The van der Waals surface area contributed by atoms with E-state index in [0.717, 1.165) is 5.82 Å². The molecule has 0 N–H and O–H groups in total. The average Bonchev–Trinajstić information content (AvgIpc) is 3.19. The number of piperidine rings is 1. The summed E-state index contributed by atoms with van der Waals surface area (Å²) in [6, 6.07) is 1.82. The first-order chi connectivity index (χ1) is 14.8. The number of ether oxygens (including phenoxy) is 2. The van der Waals surface area contributed by atoms with Gasteiger partial charge in [-0.15, -0.1) is 0 Å². The number of carbonyl (C=O) groups excluding carboxylic acids is 2. The maximum Gasteiger partial charge on any atom is 0.233 e. The molecule has 9 nitrogen and oxygen atoms in total. The number of piperazine rings is 1. The second-order valence-corrected chi connectivity index (χ2v) is 9.45. The van der Waals surface area contributed by atoms with Gasteiger partial charge < -0.3 is 24.2 Å². The van der Waals surface area contributed by atoms with Crippen LogP contribution in [0.4, 0.5) is 5.82 Å². The Morgan fingerprint density at radius 3 is 2.55 bits per heavy atom. The van der Waals surface area contributed by atoms with Gasteiger partial charge in [-0.3, -0.25) is 9.59 Å². The van der Waals surface area contributed by atoms with Crippen molar-refractivity contribution in [1.29, 1.82) is 0 Å². The molecule has 11 heteroatoms. The van der Waals surface area contributed by atoms with Crippen molar-refractivity contribution in [1.82, 2.24) is 19.8 Å². The third-order valence-corrected chi connectivity index (χ3v) is 7.06. The normalized spacial score (nSPS) is 23.5. The van der Waals surface area contributed by atoms with Crippen LogP contribution in [-0.2, 0) is 19.1 Å². The van der Waals surface area contributed by atoms with Crippen LogP contribution < -0.4 is 4.90 Å². The fourth-order valence-electron chi connectivity index (χ4n) is 4.35. The lowest BCUT2D eigenvalue weighted by Crippen LogP contribution is -2.53. The summed E-state index contributed by atoms with van der Waals surface area (Å²) in [5.41, 5.74) is 0. The van der Waals surface area contributed by atoms with E-state index in [1.165, 1.54) is 11.8 Å². The van der Waals surface area contributed by atoms with Gasteiger partial charge in [0.25, 0.3) is 0 Å². The third-order valence-electron chi connectivity index (χ3n) is 6.03. The van der Waals surface area contributed by atoms with Crippen LogP contribution >= 0.6 is 23.4 Å². The summed E-state index contributed by atoms with van der Waals surface area (Å²) in [4.78, 5) is 39.1. The van der Waals surface area contributed by atoms with Crippen molar-refractivity contribution in [3.63, 3.8) is 0 Å². The predicted molar refractivity (Wildman–Crippen MR) is 117 cm³/mol. The quantitative estimate of drug-likeness (QED) is 0.373. The smallest absolute Gasteiger partial charge is 0.233 e. The lowest BCUT2D eigenvalue weighted by Gasteiger charge is -2.40. The maximum absolute atomic E-state index is 12.7. The minimum atomic E-state index is -0.488. The molecule has 1 spiro atoms. The Balaban J connectivity index is 1.33. The molecule has 4 heterocycles. The van der Waals surface area contributed by atoms with Crippen LogP contribution in [0, 0.1) is 0 Å². The summed E-state index contributed by atoms with van der Waals surface area (Å²) in [7, 11) is 0. The maximum atomic E-state index is 12.7. The molecular formula is C20H28ClN5O4S. The molecule has 3 saturated heterocycles. The molecule has 0 aliphatic carbocycles. The Labute approximate surface area is 191 Å². The van der Waals surface area contributed by atoms with Gasteiger partial charge in [0, 0.05) is 64.6 Å². The van der Waals surface area contributed by atoms with Crippen molar-refractivity contribution >= 4 is 41.0 Å². The van der Waals surface area contributed by atoms with Crippen LogP contribution in [0.3, 0.4) is 0 Å². The number of likely N-dealkylation sites (tertiary alicyclic amines) is 1. The molecule has 3 fully saturated rings. The number of nitrogens with zero attached hydrogens (tertiary/aromatic N) is 5. The highest BCUT2D eigenvalue weighted by Gasteiger charge is 2.40. The number of aromatic nitrogens is 2. The highest BCUT2D eigenvalue weighted by atomic mass is 35.5. The van der Waals surface area contributed by atoms with Crippen LogP contribution in [-0.4, -0.2) is 95.1 Å². The molecular weight excluding hydrogens is 442 g/mol. The number of hydrogen-bond acceptors (Lipinski definition) is 8. The first kappa shape index (κ1) is 22.6. The van der Waals surface area contributed by atoms with E-state index in [0.29, 0.717) is 69.1 Å². The van der Waals surface area contributed by atoms with E-state index < -0.39 is 5.79 Å². The Morgan fingerprint density at radius 1 is 1.19 bits per heavy atom. The fourth-order valence-corrected chi connectivity index (χ4v) is 5.33.